The molecule has 0 spiro atoms. The molecule has 1 rings (SSSR count). The first-order valence-electron chi connectivity index (χ1n) is 4.38. The molecule has 14 heavy (non-hydrogen) atoms. The first kappa shape index (κ1) is 11.9. The highest BCUT2D eigenvalue weighted by Crippen LogP contribution is 2.23. The minimum absolute atomic E-state index is 0.206. The monoisotopic (exact) mass is 234 g/mol. The number of nitrogens with zero attached hydrogens (tertiary/aromatic N) is 2. The second kappa shape index (κ2) is 5.65. The van der Waals surface area contributed by atoms with Gasteiger partial charge in [0.25, 0.3) is 0 Å². The van der Waals surface area contributed by atoms with E-state index in [-0.39, 0.29) is 6.61 Å². The van der Waals surface area contributed by atoms with Crippen LogP contribution in [0.25, 0.3) is 0 Å². The zero-order chi connectivity index (χ0) is 10.6. The molecule has 1 atom stereocenters. The van der Waals surface area contributed by atoms with E-state index in [1.165, 1.54) is 23.3 Å². The Morgan fingerprint density at radius 3 is 2.71 bits per heavy atom. The van der Waals surface area contributed by atoms with Crippen LogP contribution in [0.5, 0.6) is 0 Å². The van der Waals surface area contributed by atoms with Gasteiger partial charge >= 0.3 is 0 Å². The van der Waals surface area contributed by atoms with E-state index in [2.05, 4.69) is 9.36 Å². The van der Waals surface area contributed by atoms with E-state index in [1.54, 1.807) is 0 Å². The summed E-state index contributed by atoms with van der Waals surface area (Å²) < 4.78 is 5.03. The van der Waals surface area contributed by atoms with Gasteiger partial charge in [0.1, 0.15) is 5.82 Å². The normalized spacial score (nSPS) is 13.5. The van der Waals surface area contributed by atoms with Crippen LogP contribution in [0.15, 0.2) is 4.34 Å². The van der Waals surface area contributed by atoms with Gasteiger partial charge in [0.05, 0.1) is 12.7 Å². The van der Waals surface area contributed by atoms with Crippen LogP contribution >= 0.6 is 23.3 Å². The minimum Gasteiger partial charge on any atom is -0.394 e. The summed E-state index contributed by atoms with van der Waals surface area (Å²) in [5.41, 5.74) is 0. The summed E-state index contributed by atoms with van der Waals surface area (Å²) >= 11 is 2.77. The molecule has 0 bridgehead atoms. The van der Waals surface area contributed by atoms with E-state index >= 15 is 0 Å². The fourth-order valence-electron chi connectivity index (χ4n) is 0.733. The van der Waals surface area contributed by atoms with Crippen molar-refractivity contribution in [2.24, 2.45) is 0 Å². The number of aliphatic hydroxyl groups excluding tert-OH is 2. The van der Waals surface area contributed by atoms with Crippen LogP contribution < -0.4 is 0 Å². The molecule has 2 N–H and O–H groups in total. The number of hydrogen-bond donors (Lipinski definition) is 2. The molecular formula is C8H14N2O2S2. The lowest BCUT2D eigenvalue weighted by atomic mass is 10.2. The summed E-state index contributed by atoms with van der Waals surface area (Å²) in [4.78, 5) is 4.29. The van der Waals surface area contributed by atoms with E-state index in [1.807, 2.05) is 13.8 Å². The van der Waals surface area contributed by atoms with Crippen molar-refractivity contribution in [3.63, 3.8) is 0 Å². The Labute approximate surface area is 91.6 Å². The van der Waals surface area contributed by atoms with Crippen LogP contribution in [0, 0.1) is 0 Å². The van der Waals surface area contributed by atoms with Gasteiger partial charge in [0.2, 0.25) is 0 Å². The molecule has 4 nitrogen and oxygen atoms in total. The maximum absolute atomic E-state index is 9.12. The van der Waals surface area contributed by atoms with Gasteiger partial charge in [0, 0.05) is 11.7 Å². The lowest BCUT2D eigenvalue weighted by Gasteiger charge is -2.02. The average molecular weight is 234 g/mol. The zero-order valence-corrected chi connectivity index (χ0v) is 9.81. The van der Waals surface area contributed by atoms with Crippen molar-refractivity contribution in [3.05, 3.63) is 5.82 Å². The van der Waals surface area contributed by atoms with Crippen LogP contribution in [0.4, 0.5) is 0 Å². The molecule has 80 valence electrons. The number of aliphatic hydroxyl groups is 2. The second-order valence-electron chi connectivity index (χ2n) is 3.22. The molecule has 1 heterocycles. The molecule has 0 saturated heterocycles. The van der Waals surface area contributed by atoms with Crippen LogP contribution in [0.2, 0.25) is 0 Å². The van der Waals surface area contributed by atoms with Crippen molar-refractivity contribution >= 4 is 23.3 Å². The first-order valence-corrected chi connectivity index (χ1v) is 6.14. The highest BCUT2D eigenvalue weighted by atomic mass is 32.2. The topological polar surface area (TPSA) is 66.2 Å². The Morgan fingerprint density at radius 2 is 2.21 bits per heavy atom. The van der Waals surface area contributed by atoms with Gasteiger partial charge in [-0.05, 0) is 11.5 Å². The minimum atomic E-state index is -0.675. The summed E-state index contributed by atoms with van der Waals surface area (Å²) in [7, 11) is 0. The first-order chi connectivity index (χ1) is 6.63. The van der Waals surface area contributed by atoms with Crippen LogP contribution in [0.1, 0.15) is 25.6 Å². The largest absolute Gasteiger partial charge is 0.394 e. The van der Waals surface area contributed by atoms with Gasteiger partial charge in [-0.2, -0.15) is 4.37 Å². The lowest BCUT2D eigenvalue weighted by Crippen LogP contribution is -2.14. The Hall–Kier alpha value is -0.170. The third-order valence-corrected chi connectivity index (χ3v) is 3.54. The molecule has 6 heteroatoms. The molecule has 0 aliphatic rings. The standard InChI is InChI=1S/C8H14N2O2S2/c1-5(2)7-9-8(14-10-7)13-4-6(12)3-11/h5-6,11-12H,3-4H2,1-2H3. The lowest BCUT2D eigenvalue weighted by molar-refractivity contribution is 0.113. The smallest absolute Gasteiger partial charge is 0.170 e. The molecular weight excluding hydrogens is 220 g/mol. The van der Waals surface area contributed by atoms with Gasteiger partial charge < -0.3 is 10.2 Å². The van der Waals surface area contributed by atoms with Crippen LogP contribution in [0.3, 0.4) is 0 Å². The number of hydrogen-bond acceptors (Lipinski definition) is 6. The van der Waals surface area contributed by atoms with Crippen LogP contribution in [-0.2, 0) is 0 Å². The van der Waals surface area contributed by atoms with Gasteiger partial charge in [-0.3, -0.25) is 0 Å². The Morgan fingerprint density at radius 1 is 1.50 bits per heavy atom. The molecule has 0 aromatic carbocycles. The summed E-state index contributed by atoms with van der Waals surface area (Å²) in [6, 6.07) is 0. The van der Waals surface area contributed by atoms with Crippen molar-refractivity contribution in [1.29, 1.82) is 0 Å². The summed E-state index contributed by atoms with van der Waals surface area (Å²) in [5.74, 6) is 1.64. The van der Waals surface area contributed by atoms with Gasteiger partial charge in [0.15, 0.2) is 4.34 Å². The molecule has 0 aliphatic carbocycles. The van der Waals surface area contributed by atoms with Crippen molar-refractivity contribution in [2.45, 2.75) is 30.2 Å². The predicted molar refractivity (Wildman–Crippen MR) is 57.8 cm³/mol. The molecule has 1 aromatic rings. The third-order valence-electron chi connectivity index (χ3n) is 1.55. The van der Waals surface area contributed by atoms with Gasteiger partial charge in [-0.15, -0.1) is 0 Å². The summed E-state index contributed by atoms with van der Waals surface area (Å²) in [5, 5.41) is 17.7. The summed E-state index contributed by atoms with van der Waals surface area (Å²) in [6.45, 7) is 3.88. The van der Waals surface area contributed by atoms with Gasteiger partial charge in [-0.1, -0.05) is 25.6 Å². The molecule has 0 saturated carbocycles. The second-order valence-corrected chi connectivity index (χ2v) is 5.24. The molecule has 0 radical (unpaired) electrons. The van der Waals surface area contributed by atoms with Crippen molar-refractivity contribution in [2.75, 3.05) is 12.4 Å². The summed E-state index contributed by atoms with van der Waals surface area (Å²) in [6.07, 6.45) is -0.675. The average Bonchev–Trinajstić information content (AvgIpc) is 2.62. The SMILES string of the molecule is CC(C)c1nsc(SCC(O)CO)n1. The fraction of sp³-hybridized carbons (Fsp3) is 0.750. The third kappa shape index (κ3) is 3.53. The van der Waals surface area contributed by atoms with Crippen molar-refractivity contribution < 1.29 is 10.2 Å². The van der Waals surface area contributed by atoms with Crippen LogP contribution in [-0.4, -0.2) is 38.0 Å². The zero-order valence-electron chi connectivity index (χ0n) is 8.17. The molecule has 0 fully saturated rings. The van der Waals surface area contributed by atoms with Crippen molar-refractivity contribution in [1.82, 2.24) is 9.36 Å². The number of aromatic nitrogens is 2. The Kier molecular flexibility index (Phi) is 4.80. The molecule has 0 aliphatic heterocycles. The maximum atomic E-state index is 9.12. The highest BCUT2D eigenvalue weighted by Gasteiger charge is 2.09. The van der Waals surface area contributed by atoms with E-state index in [0.717, 1.165) is 10.2 Å². The Balaban J connectivity index is 2.44. The number of rotatable bonds is 5. The predicted octanol–water partition coefficient (Wildman–Crippen LogP) is 1.11. The van der Waals surface area contributed by atoms with E-state index in [4.69, 9.17) is 10.2 Å². The number of thioether (sulfide) groups is 1. The fourth-order valence-corrected chi connectivity index (χ4v) is 2.42. The maximum Gasteiger partial charge on any atom is 0.170 e. The Bertz CT molecular complexity index is 278. The molecule has 1 unspecified atom stereocenters. The van der Waals surface area contributed by atoms with E-state index in [9.17, 15) is 0 Å². The quantitative estimate of drug-likeness (QED) is 0.747. The van der Waals surface area contributed by atoms with E-state index < -0.39 is 6.10 Å². The van der Waals surface area contributed by atoms with E-state index in [0.29, 0.717) is 11.7 Å². The molecule has 1 aromatic heterocycles. The highest BCUT2D eigenvalue weighted by molar-refractivity contribution is 8.00. The molecule has 0 amide bonds. The van der Waals surface area contributed by atoms with Crippen molar-refractivity contribution in [3.8, 4) is 0 Å². The van der Waals surface area contributed by atoms with Gasteiger partial charge in [-0.25, -0.2) is 4.98 Å².